The summed E-state index contributed by atoms with van der Waals surface area (Å²) < 4.78 is 1.79. The van der Waals surface area contributed by atoms with Crippen molar-refractivity contribution in [3.05, 3.63) is 41.0 Å². The van der Waals surface area contributed by atoms with E-state index in [1.54, 1.807) is 4.68 Å². The molecule has 1 N–H and O–H groups in total. The van der Waals surface area contributed by atoms with Gasteiger partial charge in [0.25, 0.3) is 0 Å². The Balaban J connectivity index is 1.71. The number of amides is 1. The Bertz CT molecular complexity index is 705. The van der Waals surface area contributed by atoms with E-state index in [9.17, 15) is 4.79 Å². The van der Waals surface area contributed by atoms with Crippen molar-refractivity contribution in [3.8, 4) is 0 Å². The predicted octanol–water partition coefficient (Wildman–Crippen LogP) is 1.62. The second-order valence-corrected chi connectivity index (χ2v) is 5.83. The van der Waals surface area contributed by atoms with E-state index in [4.69, 9.17) is 0 Å². The number of H-pyrrole nitrogens is 1. The van der Waals surface area contributed by atoms with Gasteiger partial charge in [-0.3, -0.25) is 14.6 Å². The molecule has 0 bridgehead atoms. The summed E-state index contributed by atoms with van der Waals surface area (Å²) in [5.41, 5.74) is 5.17. The predicted molar refractivity (Wildman–Crippen MR) is 84.1 cm³/mol. The van der Waals surface area contributed by atoms with Gasteiger partial charge in [0, 0.05) is 43.2 Å². The minimum Gasteiger partial charge on any atom is -0.338 e. The van der Waals surface area contributed by atoms with Crippen LogP contribution in [0.3, 0.4) is 0 Å². The van der Waals surface area contributed by atoms with Gasteiger partial charge in [-0.1, -0.05) is 6.08 Å². The summed E-state index contributed by atoms with van der Waals surface area (Å²) in [6.45, 7) is 5.32. The van der Waals surface area contributed by atoms with Gasteiger partial charge in [-0.05, 0) is 25.8 Å². The van der Waals surface area contributed by atoms with Crippen LogP contribution in [0.15, 0.2) is 18.5 Å². The van der Waals surface area contributed by atoms with E-state index in [-0.39, 0.29) is 5.91 Å². The molecule has 0 atom stereocenters. The fourth-order valence-electron chi connectivity index (χ4n) is 2.85. The number of hydrogen-bond acceptors (Lipinski definition) is 3. The van der Waals surface area contributed by atoms with Crippen molar-refractivity contribution in [1.29, 1.82) is 0 Å². The van der Waals surface area contributed by atoms with Crippen LogP contribution in [0.25, 0.3) is 5.57 Å². The molecule has 6 nitrogen and oxygen atoms in total. The van der Waals surface area contributed by atoms with Gasteiger partial charge in [-0.2, -0.15) is 10.2 Å². The topological polar surface area (TPSA) is 66.8 Å². The molecule has 22 heavy (non-hydrogen) atoms. The third-order valence-electron chi connectivity index (χ3n) is 4.19. The Hall–Kier alpha value is -2.37. The van der Waals surface area contributed by atoms with Crippen molar-refractivity contribution in [1.82, 2.24) is 24.9 Å². The van der Waals surface area contributed by atoms with Crippen LogP contribution in [-0.4, -0.2) is 43.9 Å². The molecule has 1 aliphatic heterocycles. The first-order valence-electron chi connectivity index (χ1n) is 7.51. The van der Waals surface area contributed by atoms with Crippen LogP contribution in [0.5, 0.6) is 0 Å². The normalized spacial score (nSPS) is 15.0. The number of rotatable bonds is 3. The first-order chi connectivity index (χ1) is 10.5. The monoisotopic (exact) mass is 299 g/mol. The molecule has 1 aliphatic rings. The summed E-state index contributed by atoms with van der Waals surface area (Å²) in [6, 6.07) is 0. The lowest BCUT2D eigenvalue weighted by Gasteiger charge is -2.27. The Labute approximate surface area is 129 Å². The molecule has 1 amide bonds. The smallest absolute Gasteiger partial charge is 0.227 e. The van der Waals surface area contributed by atoms with Crippen molar-refractivity contribution in [2.75, 3.05) is 13.1 Å². The fourth-order valence-corrected chi connectivity index (χ4v) is 2.85. The van der Waals surface area contributed by atoms with Crippen LogP contribution >= 0.6 is 0 Å². The van der Waals surface area contributed by atoms with Crippen molar-refractivity contribution in [2.45, 2.75) is 26.7 Å². The highest BCUT2D eigenvalue weighted by atomic mass is 16.2. The summed E-state index contributed by atoms with van der Waals surface area (Å²) >= 11 is 0. The number of nitrogens with one attached hydrogen (secondary N) is 1. The number of aromatic amines is 1. The van der Waals surface area contributed by atoms with Crippen LogP contribution in [0.2, 0.25) is 0 Å². The highest BCUT2D eigenvalue weighted by Gasteiger charge is 2.21. The quantitative estimate of drug-likeness (QED) is 0.936. The van der Waals surface area contributed by atoms with E-state index in [0.717, 1.165) is 35.5 Å². The molecule has 2 aromatic heterocycles. The van der Waals surface area contributed by atoms with Crippen molar-refractivity contribution in [2.24, 2.45) is 7.05 Å². The molecule has 0 unspecified atom stereocenters. The summed E-state index contributed by atoms with van der Waals surface area (Å²) in [7, 11) is 1.90. The molecule has 3 heterocycles. The summed E-state index contributed by atoms with van der Waals surface area (Å²) in [5, 5.41) is 11.3. The lowest BCUT2D eigenvalue weighted by molar-refractivity contribution is -0.130. The first-order valence-corrected chi connectivity index (χ1v) is 7.51. The second-order valence-electron chi connectivity index (χ2n) is 5.83. The number of carbonyl (C=O) groups excluding carboxylic acids is 1. The molecule has 2 aromatic rings. The molecule has 6 heteroatoms. The molecule has 0 aromatic carbocycles. The molecule has 0 aliphatic carbocycles. The molecule has 3 rings (SSSR count). The molecule has 0 fully saturated rings. The van der Waals surface area contributed by atoms with Crippen LogP contribution in [0.4, 0.5) is 0 Å². The van der Waals surface area contributed by atoms with E-state index in [1.807, 2.05) is 38.2 Å². The van der Waals surface area contributed by atoms with E-state index in [1.165, 1.54) is 5.57 Å². The zero-order valence-electron chi connectivity index (χ0n) is 13.3. The van der Waals surface area contributed by atoms with Crippen molar-refractivity contribution >= 4 is 11.5 Å². The number of hydrogen-bond donors (Lipinski definition) is 1. The lowest BCUT2D eigenvalue weighted by Crippen LogP contribution is -2.36. The largest absolute Gasteiger partial charge is 0.338 e. The van der Waals surface area contributed by atoms with Gasteiger partial charge in [0.15, 0.2) is 0 Å². The zero-order valence-corrected chi connectivity index (χ0v) is 13.3. The lowest BCUT2D eigenvalue weighted by atomic mass is 10.0. The highest BCUT2D eigenvalue weighted by Crippen LogP contribution is 2.21. The molecular weight excluding hydrogens is 278 g/mol. The van der Waals surface area contributed by atoms with Gasteiger partial charge in [0.1, 0.15) is 0 Å². The summed E-state index contributed by atoms with van der Waals surface area (Å²) in [5.74, 6) is 0.155. The first kappa shape index (κ1) is 14.6. The molecule has 0 saturated heterocycles. The van der Waals surface area contributed by atoms with E-state index in [2.05, 4.69) is 21.4 Å². The standard InChI is InChI=1S/C16H21N5O/c1-11-15(12(2)19-18-11)7-16(22)21-6-4-5-13(10-21)14-8-17-20(3)9-14/h5,8-9H,4,6-7,10H2,1-3H3,(H,18,19). The van der Waals surface area contributed by atoms with Gasteiger partial charge in [0.05, 0.1) is 18.3 Å². The maximum atomic E-state index is 12.6. The third kappa shape index (κ3) is 2.81. The average molecular weight is 299 g/mol. The van der Waals surface area contributed by atoms with E-state index in [0.29, 0.717) is 13.0 Å². The van der Waals surface area contributed by atoms with Crippen LogP contribution in [-0.2, 0) is 18.3 Å². The van der Waals surface area contributed by atoms with E-state index < -0.39 is 0 Å². The molecule has 0 saturated carbocycles. The molecule has 116 valence electrons. The van der Waals surface area contributed by atoms with Gasteiger partial charge >= 0.3 is 0 Å². The zero-order chi connectivity index (χ0) is 15.7. The molecule has 0 radical (unpaired) electrons. The number of carbonyl (C=O) groups is 1. The Morgan fingerprint density at radius 3 is 2.86 bits per heavy atom. The van der Waals surface area contributed by atoms with Crippen molar-refractivity contribution in [3.63, 3.8) is 0 Å². The Morgan fingerprint density at radius 1 is 1.41 bits per heavy atom. The number of aryl methyl sites for hydroxylation is 3. The average Bonchev–Trinajstić information content (AvgIpc) is 3.08. The summed E-state index contributed by atoms with van der Waals surface area (Å²) in [4.78, 5) is 14.5. The van der Waals surface area contributed by atoms with Gasteiger partial charge in [0.2, 0.25) is 5.91 Å². The van der Waals surface area contributed by atoms with Crippen molar-refractivity contribution < 1.29 is 4.79 Å². The highest BCUT2D eigenvalue weighted by molar-refractivity contribution is 5.82. The minimum atomic E-state index is 0.155. The fraction of sp³-hybridized carbons (Fsp3) is 0.438. The Kier molecular flexibility index (Phi) is 3.83. The molecular formula is C16H21N5O. The van der Waals surface area contributed by atoms with Gasteiger partial charge in [-0.25, -0.2) is 0 Å². The Morgan fingerprint density at radius 2 is 2.23 bits per heavy atom. The maximum absolute atomic E-state index is 12.6. The molecule has 0 spiro atoms. The SMILES string of the molecule is Cc1n[nH]c(C)c1CC(=O)N1CCC=C(c2cnn(C)c2)C1. The third-order valence-corrected chi connectivity index (χ3v) is 4.19. The number of aromatic nitrogens is 4. The maximum Gasteiger partial charge on any atom is 0.227 e. The van der Waals surface area contributed by atoms with Gasteiger partial charge in [-0.15, -0.1) is 0 Å². The van der Waals surface area contributed by atoms with Gasteiger partial charge < -0.3 is 4.90 Å². The van der Waals surface area contributed by atoms with Crippen LogP contribution in [0, 0.1) is 13.8 Å². The van der Waals surface area contributed by atoms with Crippen LogP contribution < -0.4 is 0 Å². The van der Waals surface area contributed by atoms with E-state index >= 15 is 0 Å². The van der Waals surface area contributed by atoms with Crippen LogP contribution in [0.1, 0.15) is 28.9 Å². The minimum absolute atomic E-state index is 0.155. The second kappa shape index (κ2) is 5.79. The summed E-state index contributed by atoms with van der Waals surface area (Å²) in [6.07, 6.45) is 7.34. The number of nitrogens with zero attached hydrogens (tertiary/aromatic N) is 4.